The van der Waals surface area contributed by atoms with E-state index < -0.39 is 5.91 Å². The molecule has 1 aliphatic heterocycles. The minimum absolute atomic E-state index is 0.255. The maximum Gasteiger partial charge on any atom is 0.251 e. The summed E-state index contributed by atoms with van der Waals surface area (Å²) in [7, 11) is 0. The number of fused-ring (bicyclic) bond motifs is 1. The maximum atomic E-state index is 12.3. The van der Waals surface area contributed by atoms with E-state index in [-0.39, 0.29) is 6.79 Å². The highest BCUT2D eigenvalue weighted by Gasteiger charge is 2.24. The van der Waals surface area contributed by atoms with Gasteiger partial charge >= 0.3 is 0 Å². The Balaban J connectivity index is 1.84. The molecule has 28 heavy (non-hydrogen) atoms. The van der Waals surface area contributed by atoms with Gasteiger partial charge in [-0.1, -0.05) is 42.8 Å². The van der Waals surface area contributed by atoms with Crippen molar-refractivity contribution in [2.45, 2.75) is 33.7 Å². The summed E-state index contributed by atoms with van der Waals surface area (Å²) in [5.41, 5.74) is 12.6. The van der Waals surface area contributed by atoms with Crippen LogP contribution < -0.4 is 15.2 Å². The van der Waals surface area contributed by atoms with Gasteiger partial charge in [0.1, 0.15) is 0 Å². The second-order valence-corrected chi connectivity index (χ2v) is 7.14. The molecule has 5 heteroatoms. The van der Waals surface area contributed by atoms with E-state index in [0.29, 0.717) is 12.1 Å². The number of amides is 1. The summed E-state index contributed by atoms with van der Waals surface area (Å²) in [4.78, 5) is 12.3. The van der Waals surface area contributed by atoms with Gasteiger partial charge in [0, 0.05) is 23.5 Å². The minimum Gasteiger partial charge on any atom is -0.454 e. The number of rotatable bonds is 5. The molecule has 0 atom stereocenters. The number of hydrogen-bond acceptors (Lipinski definition) is 3. The van der Waals surface area contributed by atoms with Crippen molar-refractivity contribution in [2.24, 2.45) is 5.73 Å². The van der Waals surface area contributed by atoms with Crippen LogP contribution >= 0.6 is 0 Å². The maximum absolute atomic E-state index is 12.3. The summed E-state index contributed by atoms with van der Waals surface area (Å²) in [5, 5.41) is 0. The molecule has 144 valence electrons. The van der Waals surface area contributed by atoms with Crippen molar-refractivity contribution in [2.75, 3.05) is 6.79 Å². The second-order valence-electron chi connectivity index (χ2n) is 7.14. The lowest BCUT2D eigenvalue weighted by Gasteiger charge is -2.13. The normalized spacial score (nSPS) is 12.4. The number of carbonyl (C=O) groups is 1. The van der Waals surface area contributed by atoms with Gasteiger partial charge in [0.2, 0.25) is 6.79 Å². The highest BCUT2D eigenvalue weighted by atomic mass is 16.7. The third-order valence-corrected chi connectivity index (χ3v) is 5.33. The lowest BCUT2D eigenvalue weighted by Crippen LogP contribution is -2.13. The van der Waals surface area contributed by atoms with Crippen LogP contribution in [0.5, 0.6) is 11.5 Å². The Bertz CT molecular complexity index is 1050. The van der Waals surface area contributed by atoms with E-state index in [1.165, 1.54) is 5.56 Å². The third-order valence-electron chi connectivity index (χ3n) is 5.33. The van der Waals surface area contributed by atoms with Gasteiger partial charge in [-0.3, -0.25) is 4.79 Å². The van der Waals surface area contributed by atoms with Crippen molar-refractivity contribution in [1.29, 1.82) is 0 Å². The number of benzene rings is 2. The molecular formula is C23H24N2O3. The molecule has 1 aliphatic rings. The zero-order valence-electron chi connectivity index (χ0n) is 16.4. The fourth-order valence-electron chi connectivity index (χ4n) is 3.93. The number of nitrogens with two attached hydrogens (primary N) is 1. The average molecular weight is 376 g/mol. The molecule has 0 aliphatic carbocycles. The van der Waals surface area contributed by atoms with Gasteiger partial charge in [0.15, 0.2) is 11.5 Å². The molecule has 0 unspecified atom stereocenters. The predicted octanol–water partition coefficient (Wildman–Crippen LogP) is 4.21. The molecule has 0 spiro atoms. The highest BCUT2D eigenvalue weighted by molar-refractivity contribution is 6.02. The Morgan fingerprint density at radius 3 is 2.46 bits per heavy atom. The summed E-state index contributed by atoms with van der Waals surface area (Å²) in [5.74, 6) is 1.13. The van der Waals surface area contributed by atoms with Crippen LogP contribution in [-0.2, 0) is 13.0 Å². The molecule has 3 aromatic rings. The molecule has 2 heterocycles. The number of nitrogens with zero attached hydrogens (tertiary/aromatic N) is 1. The summed E-state index contributed by atoms with van der Waals surface area (Å²) < 4.78 is 13.1. The van der Waals surface area contributed by atoms with Crippen molar-refractivity contribution in [3.8, 4) is 22.6 Å². The van der Waals surface area contributed by atoms with E-state index in [1.807, 2.05) is 25.1 Å². The summed E-state index contributed by atoms with van der Waals surface area (Å²) in [6.45, 7) is 7.01. The fourth-order valence-corrected chi connectivity index (χ4v) is 3.93. The van der Waals surface area contributed by atoms with Crippen molar-refractivity contribution in [3.05, 3.63) is 70.5 Å². The number of aromatic nitrogens is 1. The lowest BCUT2D eigenvalue weighted by atomic mass is 9.98. The second kappa shape index (κ2) is 7.08. The Morgan fingerprint density at radius 2 is 1.79 bits per heavy atom. The lowest BCUT2D eigenvalue weighted by molar-refractivity contribution is 0.1000. The van der Waals surface area contributed by atoms with Gasteiger partial charge in [-0.05, 0) is 43.5 Å². The van der Waals surface area contributed by atoms with Gasteiger partial charge < -0.3 is 19.8 Å². The first-order valence-corrected chi connectivity index (χ1v) is 9.47. The zero-order valence-corrected chi connectivity index (χ0v) is 16.4. The largest absolute Gasteiger partial charge is 0.454 e. The topological polar surface area (TPSA) is 66.5 Å². The van der Waals surface area contributed by atoms with Gasteiger partial charge in [-0.2, -0.15) is 0 Å². The average Bonchev–Trinajstić information content (AvgIpc) is 3.25. The van der Waals surface area contributed by atoms with Crippen molar-refractivity contribution < 1.29 is 14.3 Å². The zero-order chi connectivity index (χ0) is 19.8. The molecular weight excluding hydrogens is 352 g/mol. The standard InChI is InChI=1S/C23H24N2O3/c1-4-18-22(17-8-5-14(2)6-9-17)21(23(24)26)15(3)25(18)12-16-7-10-19-20(11-16)28-13-27-19/h5-11H,4,12-13H2,1-3H3,(H2,24,26). The molecule has 0 bridgehead atoms. The Morgan fingerprint density at radius 1 is 1.07 bits per heavy atom. The first-order valence-electron chi connectivity index (χ1n) is 9.47. The molecule has 4 rings (SSSR count). The van der Waals surface area contributed by atoms with Gasteiger partial charge in [0.25, 0.3) is 5.91 Å². The van der Waals surface area contributed by atoms with E-state index in [9.17, 15) is 4.79 Å². The Hall–Kier alpha value is -3.21. The van der Waals surface area contributed by atoms with Crippen LogP contribution in [0.2, 0.25) is 0 Å². The number of hydrogen-bond donors (Lipinski definition) is 1. The molecule has 5 nitrogen and oxygen atoms in total. The van der Waals surface area contributed by atoms with E-state index >= 15 is 0 Å². The smallest absolute Gasteiger partial charge is 0.251 e. The van der Waals surface area contributed by atoms with E-state index in [2.05, 4.69) is 42.7 Å². The Kier molecular flexibility index (Phi) is 4.59. The quantitative estimate of drug-likeness (QED) is 0.725. The molecule has 0 fully saturated rings. The number of carbonyl (C=O) groups excluding carboxylic acids is 1. The molecule has 2 aromatic carbocycles. The van der Waals surface area contributed by atoms with Crippen LogP contribution in [0, 0.1) is 13.8 Å². The molecule has 0 saturated carbocycles. The molecule has 0 radical (unpaired) electrons. The van der Waals surface area contributed by atoms with Gasteiger partial charge in [0.05, 0.1) is 5.56 Å². The van der Waals surface area contributed by atoms with Gasteiger partial charge in [-0.15, -0.1) is 0 Å². The van der Waals surface area contributed by atoms with Crippen LogP contribution in [0.1, 0.15) is 39.8 Å². The van der Waals surface area contributed by atoms with Gasteiger partial charge in [-0.25, -0.2) is 0 Å². The van der Waals surface area contributed by atoms with Crippen LogP contribution in [-0.4, -0.2) is 17.3 Å². The third kappa shape index (κ3) is 3.03. The highest BCUT2D eigenvalue weighted by Crippen LogP contribution is 2.36. The molecule has 2 N–H and O–H groups in total. The van der Waals surface area contributed by atoms with Crippen LogP contribution in [0.25, 0.3) is 11.1 Å². The fraction of sp³-hybridized carbons (Fsp3) is 0.261. The Labute approximate surface area is 164 Å². The van der Waals surface area contributed by atoms with E-state index in [4.69, 9.17) is 15.2 Å². The first-order chi connectivity index (χ1) is 13.5. The van der Waals surface area contributed by atoms with Crippen LogP contribution in [0.3, 0.4) is 0 Å². The molecule has 1 amide bonds. The van der Waals surface area contributed by atoms with E-state index in [0.717, 1.165) is 46.0 Å². The van der Waals surface area contributed by atoms with Crippen molar-refractivity contribution in [1.82, 2.24) is 4.57 Å². The van der Waals surface area contributed by atoms with Crippen molar-refractivity contribution >= 4 is 5.91 Å². The SMILES string of the molecule is CCc1c(-c2ccc(C)cc2)c(C(N)=O)c(C)n1Cc1ccc2c(c1)OCO2. The molecule has 1 aromatic heterocycles. The number of primary amides is 1. The summed E-state index contributed by atoms with van der Waals surface area (Å²) in [6.07, 6.45) is 0.794. The van der Waals surface area contributed by atoms with E-state index in [1.54, 1.807) is 0 Å². The predicted molar refractivity (Wildman–Crippen MR) is 109 cm³/mol. The minimum atomic E-state index is -0.396. The number of aryl methyl sites for hydroxylation is 1. The molecule has 0 saturated heterocycles. The van der Waals surface area contributed by atoms with Crippen LogP contribution in [0.15, 0.2) is 42.5 Å². The first kappa shape index (κ1) is 18.2. The monoisotopic (exact) mass is 376 g/mol. The summed E-state index contributed by atoms with van der Waals surface area (Å²) in [6, 6.07) is 14.2. The van der Waals surface area contributed by atoms with Crippen molar-refractivity contribution in [3.63, 3.8) is 0 Å². The summed E-state index contributed by atoms with van der Waals surface area (Å²) >= 11 is 0. The van der Waals surface area contributed by atoms with Crippen LogP contribution in [0.4, 0.5) is 0 Å². The number of ether oxygens (including phenoxy) is 2.